The fraction of sp³-hybridized carbons (Fsp3) is 0.455. The molecular weight excluding hydrogens is 244 g/mol. The van der Waals surface area contributed by atoms with Crippen molar-refractivity contribution in [2.24, 2.45) is 11.1 Å². The summed E-state index contributed by atoms with van der Waals surface area (Å²) in [4.78, 5) is 10.0. The van der Waals surface area contributed by atoms with Crippen LogP contribution < -0.4 is 5.73 Å². The third-order valence-corrected chi connectivity index (χ3v) is 2.49. The van der Waals surface area contributed by atoms with Crippen molar-refractivity contribution < 1.29 is 10.0 Å². The highest BCUT2D eigenvalue weighted by Crippen LogP contribution is 2.34. The van der Waals surface area contributed by atoms with E-state index in [1.807, 2.05) is 20.8 Å². The Morgan fingerprint density at radius 3 is 2.35 bits per heavy atom. The van der Waals surface area contributed by atoms with Crippen molar-refractivity contribution in [3.63, 3.8) is 0 Å². The molecule has 0 aromatic heterocycles. The SMILES string of the molecule is CC(C)(C)[C@H](N)c1ccc(O)c([N+](=O)[O-])c1.Cl. The number of aromatic hydroxyl groups is 1. The van der Waals surface area contributed by atoms with E-state index in [4.69, 9.17) is 5.73 Å². The molecular formula is C11H17ClN2O3. The predicted octanol–water partition coefficient (Wildman–Crippen LogP) is 2.77. The van der Waals surface area contributed by atoms with Gasteiger partial charge < -0.3 is 10.8 Å². The molecule has 96 valence electrons. The second-order valence-electron chi connectivity index (χ2n) is 4.85. The van der Waals surface area contributed by atoms with Gasteiger partial charge in [-0.15, -0.1) is 12.4 Å². The summed E-state index contributed by atoms with van der Waals surface area (Å²) in [6.45, 7) is 5.86. The summed E-state index contributed by atoms with van der Waals surface area (Å²) in [6.07, 6.45) is 0. The van der Waals surface area contributed by atoms with Crippen LogP contribution in [0.5, 0.6) is 5.75 Å². The van der Waals surface area contributed by atoms with E-state index < -0.39 is 4.92 Å². The zero-order chi connectivity index (χ0) is 12.5. The van der Waals surface area contributed by atoms with E-state index in [-0.39, 0.29) is 35.3 Å². The lowest BCUT2D eigenvalue weighted by molar-refractivity contribution is -0.385. The van der Waals surface area contributed by atoms with E-state index in [0.717, 1.165) is 0 Å². The van der Waals surface area contributed by atoms with Gasteiger partial charge in [-0.25, -0.2) is 0 Å². The zero-order valence-electron chi connectivity index (χ0n) is 10.0. The third-order valence-electron chi connectivity index (χ3n) is 2.49. The van der Waals surface area contributed by atoms with Gasteiger partial charge in [-0.1, -0.05) is 26.8 Å². The first-order valence-electron chi connectivity index (χ1n) is 4.96. The van der Waals surface area contributed by atoms with E-state index in [1.54, 1.807) is 6.07 Å². The quantitative estimate of drug-likeness (QED) is 0.632. The highest BCUT2D eigenvalue weighted by Gasteiger charge is 2.25. The normalized spacial score (nSPS) is 12.7. The summed E-state index contributed by atoms with van der Waals surface area (Å²) in [5.74, 6) is -0.338. The van der Waals surface area contributed by atoms with Crippen LogP contribution in [0.15, 0.2) is 18.2 Å². The minimum Gasteiger partial charge on any atom is -0.502 e. The van der Waals surface area contributed by atoms with Crippen molar-refractivity contribution in [2.75, 3.05) is 0 Å². The summed E-state index contributed by atoms with van der Waals surface area (Å²) < 4.78 is 0. The number of halogens is 1. The topological polar surface area (TPSA) is 89.4 Å². The molecule has 0 aliphatic rings. The van der Waals surface area contributed by atoms with E-state index in [0.29, 0.717) is 5.56 Å². The smallest absolute Gasteiger partial charge is 0.311 e. The van der Waals surface area contributed by atoms with Crippen LogP contribution in [-0.4, -0.2) is 10.0 Å². The molecule has 0 unspecified atom stereocenters. The molecule has 5 nitrogen and oxygen atoms in total. The van der Waals surface area contributed by atoms with Crippen LogP contribution in [0.3, 0.4) is 0 Å². The van der Waals surface area contributed by atoms with Crippen molar-refractivity contribution in [1.29, 1.82) is 0 Å². The van der Waals surface area contributed by atoms with Gasteiger partial charge >= 0.3 is 5.69 Å². The third kappa shape index (κ3) is 3.57. The van der Waals surface area contributed by atoms with E-state index >= 15 is 0 Å². The lowest BCUT2D eigenvalue weighted by Crippen LogP contribution is -2.26. The monoisotopic (exact) mass is 260 g/mol. The first-order chi connectivity index (χ1) is 7.23. The number of hydrogen-bond donors (Lipinski definition) is 2. The van der Waals surface area contributed by atoms with Gasteiger partial charge in [0.1, 0.15) is 0 Å². The fourth-order valence-corrected chi connectivity index (χ4v) is 1.38. The van der Waals surface area contributed by atoms with Gasteiger partial charge in [0.2, 0.25) is 0 Å². The largest absolute Gasteiger partial charge is 0.502 e. The van der Waals surface area contributed by atoms with Gasteiger partial charge in [0, 0.05) is 12.1 Å². The number of phenols is 1. The number of hydrogen-bond acceptors (Lipinski definition) is 4. The summed E-state index contributed by atoms with van der Waals surface area (Å²) in [5.41, 5.74) is 6.14. The Morgan fingerprint density at radius 1 is 1.41 bits per heavy atom. The standard InChI is InChI=1S/C11H16N2O3.ClH/c1-11(2,3)10(12)7-4-5-9(14)8(6-7)13(15)16;/h4-6,10,14H,12H2,1-3H3;1H/t10-;/m1./s1. The van der Waals surface area contributed by atoms with Crippen LogP contribution in [-0.2, 0) is 0 Å². The van der Waals surface area contributed by atoms with Crippen LogP contribution in [0, 0.1) is 15.5 Å². The van der Waals surface area contributed by atoms with Crippen molar-refractivity contribution in [2.45, 2.75) is 26.8 Å². The maximum absolute atomic E-state index is 10.7. The van der Waals surface area contributed by atoms with Gasteiger partial charge in [-0.2, -0.15) is 0 Å². The second-order valence-corrected chi connectivity index (χ2v) is 4.85. The average Bonchev–Trinajstić information content (AvgIpc) is 2.15. The molecule has 0 saturated heterocycles. The molecule has 0 radical (unpaired) electrons. The van der Waals surface area contributed by atoms with E-state index in [2.05, 4.69) is 0 Å². The van der Waals surface area contributed by atoms with Gasteiger partial charge in [-0.05, 0) is 17.0 Å². The Bertz CT molecular complexity index is 416. The first kappa shape index (κ1) is 15.7. The molecule has 0 amide bonds. The van der Waals surface area contributed by atoms with Crippen LogP contribution in [0.2, 0.25) is 0 Å². The molecule has 17 heavy (non-hydrogen) atoms. The van der Waals surface area contributed by atoms with Crippen molar-refractivity contribution >= 4 is 18.1 Å². The van der Waals surface area contributed by atoms with Crippen LogP contribution in [0.25, 0.3) is 0 Å². The van der Waals surface area contributed by atoms with E-state index in [1.165, 1.54) is 12.1 Å². The molecule has 0 heterocycles. The Labute approximate surface area is 106 Å². The average molecular weight is 261 g/mol. The summed E-state index contributed by atoms with van der Waals surface area (Å²) in [6, 6.07) is 3.93. The zero-order valence-corrected chi connectivity index (χ0v) is 10.8. The van der Waals surface area contributed by atoms with Gasteiger partial charge in [-0.3, -0.25) is 10.1 Å². The number of benzene rings is 1. The van der Waals surface area contributed by atoms with Crippen molar-refractivity contribution in [3.8, 4) is 5.75 Å². The number of nitro groups is 1. The lowest BCUT2D eigenvalue weighted by atomic mass is 9.83. The Morgan fingerprint density at radius 2 is 1.94 bits per heavy atom. The molecule has 0 spiro atoms. The Kier molecular flexibility index (Phi) is 4.92. The predicted molar refractivity (Wildman–Crippen MR) is 68.4 cm³/mol. The van der Waals surface area contributed by atoms with E-state index in [9.17, 15) is 15.2 Å². The van der Waals surface area contributed by atoms with Crippen LogP contribution in [0.4, 0.5) is 5.69 Å². The minimum absolute atomic E-state index is 0. The number of phenolic OH excluding ortho intramolecular Hbond substituents is 1. The maximum atomic E-state index is 10.7. The number of nitro benzene ring substituents is 1. The van der Waals surface area contributed by atoms with Crippen LogP contribution >= 0.6 is 12.4 Å². The minimum atomic E-state index is -0.617. The first-order valence-corrected chi connectivity index (χ1v) is 4.96. The number of nitrogens with two attached hydrogens (primary N) is 1. The summed E-state index contributed by atoms with van der Waals surface area (Å²) >= 11 is 0. The molecule has 0 aliphatic heterocycles. The van der Waals surface area contributed by atoms with Gasteiger partial charge in [0.05, 0.1) is 4.92 Å². The summed E-state index contributed by atoms with van der Waals surface area (Å²) in [5, 5.41) is 20.0. The molecule has 0 bridgehead atoms. The molecule has 1 aromatic rings. The molecule has 0 fully saturated rings. The van der Waals surface area contributed by atoms with Crippen molar-refractivity contribution in [1.82, 2.24) is 0 Å². The van der Waals surface area contributed by atoms with Crippen molar-refractivity contribution in [3.05, 3.63) is 33.9 Å². The van der Waals surface area contributed by atoms with Gasteiger partial charge in [0.15, 0.2) is 5.75 Å². The molecule has 6 heteroatoms. The molecule has 1 aromatic carbocycles. The number of rotatable bonds is 2. The second kappa shape index (κ2) is 5.33. The molecule has 1 rings (SSSR count). The highest BCUT2D eigenvalue weighted by atomic mass is 35.5. The lowest BCUT2D eigenvalue weighted by Gasteiger charge is -2.27. The molecule has 1 atom stereocenters. The molecule has 0 saturated carbocycles. The fourth-order valence-electron chi connectivity index (χ4n) is 1.38. The molecule has 3 N–H and O–H groups in total. The Balaban J connectivity index is 0.00000256. The Hall–Kier alpha value is -1.33. The summed E-state index contributed by atoms with van der Waals surface area (Å²) in [7, 11) is 0. The highest BCUT2D eigenvalue weighted by molar-refractivity contribution is 5.85. The van der Waals surface area contributed by atoms with Crippen LogP contribution in [0.1, 0.15) is 32.4 Å². The maximum Gasteiger partial charge on any atom is 0.311 e. The molecule has 0 aliphatic carbocycles. The number of nitrogens with zero attached hydrogens (tertiary/aromatic N) is 1. The van der Waals surface area contributed by atoms with Gasteiger partial charge in [0.25, 0.3) is 0 Å².